The second-order valence-electron chi connectivity index (χ2n) is 6.75. The van der Waals surface area contributed by atoms with E-state index in [0.29, 0.717) is 5.92 Å². The molecule has 0 aliphatic heterocycles. The van der Waals surface area contributed by atoms with E-state index in [4.69, 9.17) is 4.74 Å². The van der Waals surface area contributed by atoms with E-state index in [1.807, 2.05) is 42.5 Å². The Morgan fingerprint density at radius 1 is 0.960 bits per heavy atom. The Kier molecular flexibility index (Phi) is 7.87. The molecule has 0 amide bonds. The maximum absolute atomic E-state index is 13.0. The first-order chi connectivity index (χ1) is 12.2. The van der Waals surface area contributed by atoms with Crippen molar-refractivity contribution in [2.75, 3.05) is 7.11 Å². The number of benzene rings is 2. The highest BCUT2D eigenvalue weighted by molar-refractivity contribution is 6.10. The molecular formula is C23H30O2. The van der Waals surface area contributed by atoms with Gasteiger partial charge in [-0.2, -0.15) is 0 Å². The number of methoxy groups -OCH3 is 1. The first-order valence-electron chi connectivity index (χ1n) is 9.38. The summed E-state index contributed by atoms with van der Waals surface area (Å²) >= 11 is 0. The monoisotopic (exact) mass is 338 g/mol. The average Bonchev–Trinajstić information content (AvgIpc) is 2.68. The van der Waals surface area contributed by atoms with Crippen molar-refractivity contribution in [2.45, 2.75) is 58.0 Å². The summed E-state index contributed by atoms with van der Waals surface area (Å²) in [7, 11) is 1.76. The number of hydrogen-bond acceptors (Lipinski definition) is 2. The minimum atomic E-state index is 0.123. The first kappa shape index (κ1) is 19.4. The van der Waals surface area contributed by atoms with Crippen LogP contribution in [-0.2, 0) is 4.74 Å². The van der Waals surface area contributed by atoms with Crippen LogP contribution in [0.2, 0.25) is 0 Å². The van der Waals surface area contributed by atoms with Gasteiger partial charge in [0.05, 0.1) is 6.10 Å². The van der Waals surface area contributed by atoms with Crippen LogP contribution in [0.5, 0.6) is 0 Å². The van der Waals surface area contributed by atoms with Gasteiger partial charge in [0.15, 0.2) is 5.78 Å². The quantitative estimate of drug-likeness (QED) is 0.496. The standard InChI is InChI=1S/C23H30O2/c1-4-5-11-19(17-16-18(2)25-3)21-14-9-10-15-22(21)23(24)20-12-7-6-8-13-20/h6-10,12-15,18-19H,4-5,11,16-17H2,1-3H3. The zero-order chi connectivity index (χ0) is 18.1. The van der Waals surface area contributed by atoms with Crippen LogP contribution < -0.4 is 0 Å². The Balaban J connectivity index is 2.29. The van der Waals surface area contributed by atoms with Crippen LogP contribution in [0.3, 0.4) is 0 Å². The average molecular weight is 338 g/mol. The highest BCUT2D eigenvalue weighted by atomic mass is 16.5. The van der Waals surface area contributed by atoms with Gasteiger partial charge in [0.25, 0.3) is 0 Å². The summed E-state index contributed by atoms with van der Waals surface area (Å²) in [5.41, 5.74) is 2.79. The lowest BCUT2D eigenvalue weighted by Gasteiger charge is -2.21. The lowest BCUT2D eigenvalue weighted by molar-refractivity contribution is 0.103. The Bertz CT molecular complexity index is 648. The van der Waals surface area contributed by atoms with Crippen LogP contribution in [-0.4, -0.2) is 19.0 Å². The van der Waals surface area contributed by atoms with Gasteiger partial charge in [-0.3, -0.25) is 4.79 Å². The molecule has 0 aromatic heterocycles. The molecule has 2 rings (SSSR count). The SMILES string of the molecule is CCCCC(CCC(C)OC)c1ccccc1C(=O)c1ccccc1. The predicted octanol–water partition coefficient (Wildman–Crippen LogP) is 6.01. The van der Waals surface area contributed by atoms with Crippen molar-refractivity contribution in [2.24, 2.45) is 0 Å². The van der Waals surface area contributed by atoms with Gasteiger partial charge in [-0.05, 0) is 37.7 Å². The fourth-order valence-electron chi connectivity index (χ4n) is 3.26. The van der Waals surface area contributed by atoms with Gasteiger partial charge >= 0.3 is 0 Å². The maximum atomic E-state index is 13.0. The zero-order valence-electron chi connectivity index (χ0n) is 15.7. The van der Waals surface area contributed by atoms with Crippen molar-refractivity contribution in [1.82, 2.24) is 0 Å². The highest BCUT2D eigenvalue weighted by Crippen LogP contribution is 2.31. The lowest BCUT2D eigenvalue weighted by Crippen LogP contribution is -2.12. The van der Waals surface area contributed by atoms with Gasteiger partial charge in [0.2, 0.25) is 0 Å². The van der Waals surface area contributed by atoms with Crippen molar-refractivity contribution >= 4 is 5.78 Å². The van der Waals surface area contributed by atoms with Gasteiger partial charge in [-0.15, -0.1) is 0 Å². The molecule has 0 aliphatic carbocycles. The summed E-state index contributed by atoms with van der Waals surface area (Å²) in [6.45, 7) is 4.33. The van der Waals surface area contributed by atoms with Crippen molar-refractivity contribution in [1.29, 1.82) is 0 Å². The summed E-state index contributed by atoms with van der Waals surface area (Å²) in [4.78, 5) is 13.0. The molecule has 0 radical (unpaired) electrons. The van der Waals surface area contributed by atoms with E-state index in [2.05, 4.69) is 26.0 Å². The van der Waals surface area contributed by atoms with Crippen molar-refractivity contribution in [3.63, 3.8) is 0 Å². The largest absolute Gasteiger partial charge is 0.382 e. The third-order valence-electron chi connectivity index (χ3n) is 4.91. The van der Waals surface area contributed by atoms with Gasteiger partial charge in [0.1, 0.15) is 0 Å². The molecule has 2 nitrogen and oxygen atoms in total. The third-order valence-corrected chi connectivity index (χ3v) is 4.91. The molecule has 0 spiro atoms. The number of unbranched alkanes of at least 4 members (excludes halogenated alkanes) is 1. The van der Waals surface area contributed by atoms with Crippen LogP contribution in [0.4, 0.5) is 0 Å². The number of carbonyl (C=O) groups is 1. The first-order valence-corrected chi connectivity index (χ1v) is 9.38. The van der Waals surface area contributed by atoms with Crippen molar-refractivity contribution in [3.05, 3.63) is 71.3 Å². The minimum absolute atomic E-state index is 0.123. The van der Waals surface area contributed by atoms with Crippen molar-refractivity contribution in [3.8, 4) is 0 Å². The molecule has 2 heteroatoms. The Hall–Kier alpha value is -1.93. The van der Waals surface area contributed by atoms with Gasteiger partial charge in [0, 0.05) is 18.2 Å². The van der Waals surface area contributed by atoms with E-state index in [1.54, 1.807) is 7.11 Å². The molecule has 0 saturated carbocycles. The van der Waals surface area contributed by atoms with Crippen LogP contribution in [0, 0.1) is 0 Å². The summed E-state index contributed by atoms with van der Waals surface area (Å²) in [6, 6.07) is 17.7. The molecule has 0 bridgehead atoms. The van der Waals surface area contributed by atoms with Crippen LogP contribution >= 0.6 is 0 Å². The van der Waals surface area contributed by atoms with Gasteiger partial charge < -0.3 is 4.74 Å². The summed E-state index contributed by atoms with van der Waals surface area (Å²) in [6.07, 6.45) is 5.78. The number of ether oxygens (including phenoxy) is 1. The highest BCUT2D eigenvalue weighted by Gasteiger charge is 2.20. The molecule has 2 unspecified atom stereocenters. The van der Waals surface area contributed by atoms with E-state index in [1.165, 1.54) is 18.4 Å². The number of ketones is 1. The second-order valence-corrected chi connectivity index (χ2v) is 6.75. The van der Waals surface area contributed by atoms with Crippen LogP contribution in [0.1, 0.15) is 73.4 Å². The molecule has 0 N–H and O–H groups in total. The van der Waals surface area contributed by atoms with E-state index >= 15 is 0 Å². The van der Waals surface area contributed by atoms with Crippen LogP contribution in [0.15, 0.2) is 54.6 Å². The zero-order valence-corrected chi connectivity index (χ0v) is 15.7. The lowest BCUT2D eigenvalue weighted by atomic mass is 9.84. The summed E-state index contributed by atoms with van der Waals surface area (Å²) in [5.74, 6) is 0.527. The van der Waals surface area contributed by atoms with E-state index in [9.17, 15) is 4.79 Å². The Morgan fingerprint density at radius 2 is 1.64 bits per heavy atom. The molecule has 2 aromatic carbocycles. The molecule has 25 heavy (non-hydrogen) atoms. The molecule has 0 heterocycles. The fraction of sp³-hybridized carbons (Fsp3) is 0.435. The van der Waals surface area contributed by atoms with E-state index in [0.717, 1.165) is 30.4 Å². The van der Waals surface area contributed by atoms with Crippen molar-refractivity contribution < 1.29 is 9.53 Å². The van der Waals surface area contributed by atoms with E-state index in [-0.39, 0.29) is 11.9 Å². The normalized spacial score (nSPS) is 13.4. The molecule has 0 fully saturated rings. The maximum Gasteiger partial charge on any atom is 0.193 e. The molecule has 2 atom stereocenters. The predicted molar refractivity (Wildman–Crippen MR) is 104 cm³/mol. The van der Waals surface area contributed by atoms with Gasteiger partial charge in [-0.25, -0.2) is 0 Å². The number of hydrogen-bond donors (Lipinski definition) is 0. The number of rotatable bonds is 10. The molecular weight excluding hydrogens is 308 g/mol. The minimum Gasteiger partial charge on any atom is -0.382 e. The summed E-state index contributed by atoms with van der Waals surface area (Å²) < 4.78 is 5.42. The molecule has 2 aromatic rings. The number of carbonyl (C=O) groups excluding carboxylic acids is 1. The summed E-state index contributed by atoms with van der Waals surface area (Å²) in [5, 5.41) is 0. The molecule has 134 valence electrons. The second kappa shape index (κ2) is 10.1. The fourth-order valence-corrected chi connectivity index (χ4v) is 3.26. The van der Waals surface area contributed by atoms with Gasteiger partial charge in [-0.1, -0.05) is 74.4 Å². The van der Waals surface area contributed by atoms with E-state index < -0.39 is 0 Å². The topological polar surface area (TPSA) is 26.3 Å². The molecule has 0 aliphatic rings. The smallest absolute Gasteiger partial charge is 0.193 e. The van der Waals surface area contributed by atoms with Crippen LogP contribution in [0.25, 0.3) is 0 Å². The Morgan fingerprint density at radius 3 is 2.32 bits per heavy atom. The molecule has 0 saturated heterocycles. The third kappa shape index (κ3) is 5.54. The Labute approximate surface area is 152 Å².